The van der Waals surface area contributed by atoms with Crippen LogP contribution in [-0.2, 0) is 11.2 Å². The summed E-state index contributed by atoms with van der Waals surface area (Å²) < 4.78 is 5.15. The molecule has 1 aliphatic rings. The first-order valence-corrected chi connectivity index (χ1v) is 7.96. The number of hydrogen-bond acceptors (Lipinski definition) is 5. The number of carbonyl (C=O) groups is 1. The largest absolute Gasteiger partial charge is 0.494 e. The van der Waals surface area contributed by atoms with Crippen LogP contribution < -0.4 is 15.0 Å². The zero-order valence-corrected chi connectivity index (χ0v) is 14.1. The molecule has 0 unspecified atom stereocenters. The predicted molar refractivity (Wildman–Crippen MR) is 95.2 cm³/mol. The molecule has 7 nitrogen and oxygen atoms in total. The number of carbonyl (C=O) groups excluding carboxylic acids is 1. The van der Waals surface area contributed by atoms with Gasteiger partial charge in [0, 0.05) is 17.8 Å². The molecule has 0 bridgehead atoms. The summed E-state index contributed by atoms with van der Waals surface area (Å²) >= 11 is 0. The highest BCUT2D eigenvalue weighted by atomic mass is 16.6. The Kier molecular flexibility index (Phi) is 4.56. The van der Waals surface area contributed by atoms with E-state index in [4.69, 9.17) is 4.74 Å². The van der Waals surface area contributed by atoms with Gasteiger partial charge in [-0.25, -0.2) is 0 Å². The van der Waals surface area contributed by atoms with Crippen molar-refractivity contribution in [1.29, 1.82) is 0 Å². The normalized spacial score (nSPS) is 15.6. The number of ether oxygens (including phenoxy) is 1. The SMILES string of the molecule is COc1cc([N+](=O)[O-])ccc1NC(=O)CN1c2ccccc2C[C@H]1C. The molecule has 1 aliphatic heterocycles. The van der Waals surface area contributed by atoms with Gasteiger partial charge in [0.2, 0.25) is 5.91 Å². The molecule has 1 amide bonds. The van der Waals surface area contributed by atoms with E-state index in [0.717, 1.165) is 12.1 Å². The molecule has 0 aliphatic carbocycles. The molecular weight excluding hydrogens is 322 g/mol. The van der Waals surface area contributed by atoms with E-state index in [1.165, 1.54) is 30.9 Å². The van der Waals surface area contributed by atoms with Gasteiger partial charge in [-0.05, 0) is 31.0 Å². The summed E-state index contributed by atoms with van der Waals surface area (Å²) in [4.78, 5) is 24.9. The summed E-state index contributed by atoms with van der Waals surface area (Å²) in [5.41, 5.74) is 2.63. The van der Waals surface area contributed by atoms with Crippen LogP contribution in [0.25, 0.3) is 0 Å². The highest BCUT2D eigenvalue weighted by Crippen LogP contribution is 2.32. The summed E-state index contributed by atoms with van der Waals surface area (Å²) in [5.74, 6) is 0.0631. The number of non-ortho nitro benzene ring substituents is 1. The number of rotatable bonds is 5. The van der Waals surface area contributed by atoms with Crippen molar-refractivity contribution in [2.24, 2.45) is 0 Å². The summed E-state index contributed by atoms with van der Waals surface area (Å²) in [6.07, 6.45) is 0.907. The first-order chi connectivity index (χ1) is 12.0. The second-order valence-corrected chi connectivity index (χ2v) is 6.00. The number of nitro benzene ring substituents is 1. The average Bonchev–Trinajstić information content (AvgIpc) is 2.90. The number of benzene rings is 2. The van der Waals surface area contributed by atoms with Gasteiger partial charge in [-0.15, -0.1) is 0 Å². The van der Waals surface area contributed by atoms with Crippen molar-refractivity contribution in [3.05, 3.63) is 58.1 Å². The highest BCUT2D eigenvalue weighted by molar-refractivity contribution is 5.96. The summed E-state index contributed by atoms with van der Waals surface area (Å²) in [7, 11) is 1.41. The average molecular weight is 341 g/mol. The van der Waals surface area contributed by atoms with Gasteiger partial charge >= 0.3 is 0 Å². The van der Waals surface area contributed by atoms with Crippen LogP contribution in [0.5, 0.6) is 5.75 Å². The fourth-order valence-corrected chi connectivity index (χ4v) is 3.11. The zero-order valence-electron chi connectivity index (χ0n) is 14.1. The van der Waals surface area contributed by atoms with Gasteiger partial charge in [-0.3, -0.25) is 14.9 Å². The lowest BCUT2D eigenvalue weighted by Gasteiger charge is -2.24. The molecule has 130 valence electrons. The van der Waals surface area contributed by atoms with Crippen LogP contribution in [0, 0.1) is 10.1 Å². The van der Waals surface area contributed by atoms with Crippen molar-refractivity contribution >= 4 is 23.0 Å². The van der Waals surface area contributed by atoms with E-state index >= 15 is 0 Å². The fraction of sp³-hybridized carbons (Fsp3) is 0.278. The molecule has 2 aromatic rings. The number of nitrogens with one attached hydrogen (secondary N) is 1. The fourth-order valence-electron chi connectivity index (χ4n) is 3.11. The maximum Gasteiger partial charge on any atom is 0.273 e. The van der Waals surface area contributed by atoms with Crippen molar-refractivity contribution in [3.63, 3.8) is 0 Å². The van der Waals surface area contributed by atoms with E-state index in [1.54, 1.807) is 0 Å². The van der Waals surface area contributed by atoms with Crippen LogP contribution in [0.15, 0.2) is 42.5 Å². The van der Waals surface area contributed by atoms with Gasteiger partial charge < -0.3 is 15.0 Å². The van der Waals surface area contributed by atoms with Crippen molar-refractivity contribution < 1.29 is 14.5 Å². The molecular formula is C18H19N3O4. The number of methoxy groups -OCH3 is 1. The van der Waals surface area contributed by atoms with Crippen molar-refractivity contribution in [2.45, 2.75) is 19.4 Å². The molecule has 0 fully saturated rings. The zero-order chi connectivity index (χ0) is 18.0. The smallest absolute Gasteiger partial charge is 0.273 e. The molecule has 2 aromatic carbocycles. The molecule has 0 radical (unpaired) electrons. The monoisotopic (exact) mass is 341 g/mol. The van der Waals surface area contributed by atoms with Crippen molar-refractivity contribution in [1.82, 2.24) is 0 Å². The maximum absolute atomic E-state index is 12.5. The van der Waals surface area contributed by atoms with Crippen LogP contribution in [-0.4, -0.2) is 30.5 Å². The van der Waals surface area contributed by atoms with Gasteiger partial charge in [-0.1, -0.05) is 18.2 Å². The molecule has 1 heterocycles. The second-order valence-electron chi connectivity index (χ2n) is 6.00. The molecule has 0 saturated carbocycles. The van der Waals surface area contributed by atoms with Gasteiger partial charge in [0.15, 0.2) is 0 Å². The third-order valence-corrected chi connectivity index (χ3v) is 4.33. The Balaban J connectivity index is 1.74. The van der Waals surface area contributed by atoms with Crippen LogP contribution in [0.4, 0.5) is 17.1 Å². The number of anilines is 2. The van der Waals surface area contributed by atoms with E-state index in [-0.39, 0.29) is 29.9 Å². The number of amides is 1. The van der Waals surface area contributed by atoms with Crippen LogP contribution in [0.3, 0.4) is 0 Å². The first-order valence-electron chi connectivity index (χ1n) is 7.96. The molecule has 25 heavy (non-hydrogen) atoms. The van der Waals surface area contributed by atoms with Crippen molar-refractivity contribution in [2.75, 3.05) is 23.9 Å². The third kappa shape index (κ3) is 3.40. The lowest BCUT2D eigenvalue weighted by atomic mass is 10.1. The van der Waals surface area contributed by atoms with Gasteiger partial charge in [0.1, 0.15) is 5.75 Å². The minimum Gasteiger partial charge on any atom is -0.494 e. The Labute approximate surface area is 145 Å². The molecule has 0 aromatic heterocycles. The Morgan fingerprint density at radius 3 is 2.84 bits per heavy atom. The molecule has 0 saturated heterocycles. The van der Waals surface area contributed by atoms with E-state index in [1.807, 2.05) is 18.2 Å². The molecule has 0 spiro atoms. The number of para-hydroxylation sites is 1. The molecule has 7 heteroatoms. The topological polar surface area (TPSA) is 84.7 Å². The number of fused-ring (bicyclic) bond motifs is 1. The highest BCUT2D eigenvalue weighted by Gasteiger charge is 2.27. The molecule has 1 N–H and O–H groups in total. The van der Waals surface area contributed by atoms with Gasteiger partial charge in [0.05, 0.1) is 30.3 Å². The lowest BCUT2D eigenvalue weighted by Crippen LogP contribution is -2.37. The van der Waals surface area contributed by atoms with E-state index in [0.29, 0.717) is 5.69 Å². The maximum atomic E-state index is 12.5. The van der Waals surface area contributed by atoms with Crippen LogP contribution in [0.1, 0.15) is 12.5 Å². The standard InChI is InChI=1S/C18H19N3O4/c1-12-9-13-5-3-4-6-16(13)20(12)11-18(22)19-15-8-7-14(21(23)24)10-17(15)25-2/h3-8,10,12H,9,11H2,1-2H3,(H,19,22)/t12-/m1/s1. The van der Waals surface area contributed by atoms with E-state index in [9.17, 15) is 14.9 Å². The Hall–Kier alpha value is -3.09. The summed E-state index contributed by atoms with van der Waals surface area (Å²) in [6, 6.07) is 12.4. The van der Waals surface area contributed by atoms with Crippen LogP contribution >= 0.6 is 0 Å². The Morgan fingerprint density at radius 1 is 1.36 bits per heavy atom. The molecule has 3 rings (SSSR count). The summed E-state index contributed by atoms with van der Waals surface area (Å²) in [6.45, 7) is 2.29. The van der Waals surface area contributed by atoms with Gasteiger partial charge in [-0.2, -0.15) is 0 Å². The van der Waals surface area contributed by atoms with Crippen molar-refractivity contribution in [3.8, 4) is 5.75 Å². The Morgan fingerprint density at radius 2 is 2.12 bits per heavy atom. The predicted octanol–water partition coefficient (Wildman–Crippen LogP) is 2.99. The summed E-state index contributed by atoms with van der Waals surface area (Å²) in [5, 5.41) is 13.6. The number of hydrogen-bond donors (Lipinski definition) is 1. The van der Waals surface area contributed by atoms with Crippen LogP contribution in [0.2, 0.25) is 0 Å². The van der Waals surface area contributed by atoms with E-state index in [2.05, 4.69) is 23.2 Å². The third-order valence-electron chi connectivity index (χ3n) is 4.33. The molecule has 1 atom stereocenters. The Bertz CT molecular complexity index is 822. The van der Waals surface area contributed by atoms with E-state index < -0.39 is 4.92 Å². The lowest BCUT2D eigenvalue weighted by molar-refractivity contribution is -0.384. The second kappa shape index (κ2) is 6.80. The number of nitro groups is 1. The number of nitrogens with zero attached hydrogens (tertiary/aromatic N) is 2. The van der Waals surface area contributed by atoms with Gasteiger partial charge in [0.25, 0.3) is 5.69 Å². The quantitative estimate of drug-likeness (QED) is 0.667. The minimum absolute atomic E-state index is 0.0862. The minimum atomic E-state index is -0.503. The first kappa shape index (κ1) is 16.8.